The van der Waals surface area contributed by atoms with E-state index < -0.39 is 0 Å². The van der Waals surface area contributed by atoms with E-state index in [4.69, 9.17) is 18.0 Å². The van der Waals surface area contributed by atoms with Gasteiger partial charge in [0, 0.05) is 30.2 Å². The number of hydrogen-bond donors (Lipinski definition) is 1. The van der Waals surface area contributed by atoms with Gasteiger partial charge in [-0.05, 0) is 30.3 Å². The van der Waals surface area contributed by atoms with Crippen LogP contribution in [0.2, 0.25) is 0 Å². The lowest BCUT2D eigenvalue weighted by Crippen LogP contribution is -2.37. The molecular formula is C16H16BrN3S. The van der Waals surface area contributed by atoms with Gasteiger partial charge in [-0.15, -0.1) is 0 Å². The van der Waals surface area contributed by atoms with E-state index in [1.807, 2.05) is 12.1 Å². The van der Waals surface area contributed by atoms with Crippen molar-refractivity contribution in [3.63, 3.8) is 0 Å². The molecule has 3 rings (SSSR count). The quantitative estimate of drug-likeness (QED) is 0.827. The largest absolute Gasteiger partial charge is 0.389 e. The molecule has 0 atom stereocenters. The molecule has 0 aromatic heterocycles. The Morgan fingerprint density at radius 3 is 2.52 bits per heavy atom. The normalized spacial score (nSPS) is 14.0. The second kappa shape index (κ2) is 5.66. The summed E-state index contributed by atoms with van der Waals surface area (Å²) in [5.74, 6) is 0. The van der Waals surface area contributed by atoms with Crippen molar-refractivity contribution in [1.29, 1.82) is 0 Å². The zero-order valence-corrected chi connectivity index (χ0v) is 14.1. The van der Waals surface area contributed by atoms with E-state index in [0.29, 0.717) is 4.99 Å². The molecule has 0 amide bonds. The summed E-state index contributed by atoms with van der Waals surface area (Å²) in [6.45, 7) is 1.86. The van der Waals surface area contributed by atoms with Gasteiger partial charge in [-0.1, -0.05) is 40.3 Å². The Hall–Kier alpha value is -1.59. The maximum absolute atomic E-state index is 5.90. The average molecular weight is 362 g/mol. The number of fused-ring (bicyclic) bond motifs is 1. The highest BCUT2D eigenvalue weighted by Gasteiger charge is 2.23. The number of nitrogens with two attached hydrogens (primary N) is 1. The second-order valence-electron chi connectivity index (χ2n) is 5.09. The number of para-hydroxylation sites is 2. The van der Waals surface area contributed by atoms with Gasteiger partial charge in [0.25, 0.3) is 0 Å². The van der Waals surface area contributed by atoms with Crippen molar-refractivity contribution in [1.82, 2.24) is 0 Å². The highest BCUT2D eigenvalue weighted by molar-refractivity contribution is 9.10. The number of anilines is 3. The van der Waals surface area contributed by atoms with E-state index in [1.54, 1.807) is 0 Å². The van der Waals surface area contributed by atoms with Gasteiger partial charge in [0.15, 0.2) is 0 Å². The molecule has 2 N–H and O–H groups in total. The van der Waals surface area contributed by atoms with Crippen molar-refractivity contribution in [2.24, 2.45) is 5.73 Å². The highest BCUT2D eigenvalue weighted by Crippen LogP contribution is 2.39. The van der Waals surface area contributed by atoms with Gasteiger partial charge in [0.2, 0.25) is 0 Å². The molecule has 1 aliphatic heterocycles. The molecule has 2 aromatic carbocycles. The smallest absolute Gasteiger partial charge is 0.106 e. The van der Waals surface area contributed by atoms with Crippen molar-refractivity contribution in [2.75, 3.05) is 29.9 Å². The van der Waals surface area contributed by atoms with Crippen molar-refractivity contribution < 1.29 is 0 Å². The van der Waals surface area contributed by atoms with E-state index in [2.05, 4.69) is 63.1 Å². The molecule has 0 bridgehead atoms. The zero-order valence-electron chi connectivity index (χ0n) is 11.7. The van der Waals surface area contributed by atoms with Crippen LogP contribution >= 0.6 is 28.1 Å². The Bertz CT molecular complexity index is 702. The summed E-state index contributed by atoms with van der Waals surface area (Å²) in [5, 5.41) is 0. The molecule has 2 aromatic rings. The summed E-state index contributed by atoms with van der Waals surface area (Å²) < 4.78 is 1.02. The molecule has 0 unspecified atom stereocenters. The van der Waals surface area contributed by atoms with Crippen LogP contribution in [0.1, 0.15) is 5.56 Å². The van der Waals surface area contributed by atoms with Crippen molar-refractivity contribution in [2.45, 2.75) is 0 Å². The summed E-state index contributed by atoms with van der Waals surface area (Å²) in [4.78, 5) is 4.98. The topological polar surface area (TPSA) is 32.5 Å². The van der Waals surface area contributed by atoms with Crippen molar-refractivity contribution >= 4 is 50.2 Å². The number of halogens is 1. The molecule has 1 aliphatic rings. The summed E-state index contributed by atoms with van der Waals surface area (Å²) >= 11 is 8.75. The Morgan fingerprint density at radius 1 is 1.10 bits per heavy atom. The fourth-order valence-corrected chi connectivity index (χ4v) is 3.21. The summed E-state index contributed by atoms with van der Waals surface area (Å²) in [6.07, 6.45) is 0. The monoisotopic (exact) mass is 361 g/mol. The lowest BCUT2D eigenvalue weighted by Gasteiger charge is -2.37. The third-order valence-corrected chi connectivity index (χ3v) is 4.47. The standard InChI is InChI=1S/C16H16BrN3S/c1-19-8-9-20(14-5-3-2-4-13(14)19)15-10-11(17)6-7-12(15)16(18)21/h2-7,10H,8-9H2,1H3,(H2,18,21). The maximum Gasteiger partial charge on any atom is 0.106 e. The molecule has 0 radical (unpaired) electrons. The lowest BCUT2D eigenvalue weighted by molar-refractivity contribution is 0.821. The maximum atomic E-state index is 5.90. The first-order chi connectivity index (χ1) is 10.1. The molecule has 0 spiro atoms. The SMILES string of the molecule is CN1CCN(c2cc(Br)ccc2C(N)=S)c2ccccc21. The Balaban J connectivity index is 2.16. The van der Waals surface area contributed by atoms with Gasteiger partial charge in [0.05, 0.1) is 17.1 Å². The third kappa shape index (κ3) is 2.63. The third-order valence-electron chi connectivity index (χ3n) is 3.76. The fraction of sp³-hybridized carbons (Fsp3) is 0.188. The van der Waals surface area contributed by atoms with Crippen LogP contribution in [-0.4, -0.2) is 25.1 Å². The predicted molar refractivity (Wildman–Crippen MR) is 96.7 cm³/mol. The van der Waals surface area contributed by atoms with Gasteiger partial charge in [0.1, 0.15) is 4.99 Å². The number of nitrogens with zero attached hydrogens (tertiary/aromatic N) is 2. The van der Waals surface area contributed by atoms with Gasteiger partial charge >= 0.3 is 0 Å². The second-order valence-corrected chi connectivity index (χ2v) is 6.44. The summed E-state index contributed by atoms with van der Waals surface area (Å²) in [7, 11) is 2.12. The zero-order chi connectivity index (χ0) is 15.0. The molecule has 0 saturated heterocycles. The minimum absolute atomic E-state index is 0.425. The summed E-state index contributed by atoms with van der Waals surface area (Å²) in [5.41, 5.74) is 10.3. The molecule has 21 heavy (non-hydrogen) atoms. The number of thiocarbonyl (C=S) groups is 1. The Kier molecular flexibility index (Phi) is 3.87. The molecule has 0 aliphatic carbocycles. The first kappa shape index (κ1) is 14.4. The van der Waals surface area contributed by atoms with E-state index in [1.165, 1.54) is 11.4 Å². The van der Waals surface area contributed by atoms with Crippen LogP contribution in [0.4, 0.5) is 17.1 Å². The van der Waals surface area contributed by atoms with Crippen LogP contribution in [0.3, 0.4) is 0 Å². The molecule has 108 valence electrons. The molecule has 1 heterocycles. The van der Waals surface area contributed by atoms with Crippen LogP contribution < -0.4 is 15.5 Å². The van der Waals surface area contributed by atoms with Crippen LogP contribution in [0.15, 0.2) is 46.9 Å². The number of benzene rings is 2. The van der Waals surface area contributed by atoms with E-state index >= 15 is 0 Å². The fourth-order valence-electron chi connectivity index (χ4n) is 2.69. The van der Waals surface area contributed by atoms with Gasteiger partial charge in [-0.2, -0.15) is 0 Å². The molecule has 0 saturated carbocycles. The minimum Gasteiger partial charge on any atom is -0.389 e. The summed E-state index contributed by atoms with van der Waals surface area (Å²) in [6, 6.07) is 14.4. The van der Waals surface area contributed by atoms with E-state index in [9.17, 15) is 0 Å². The lowest BCUT2D eigenvalue weighted by atomic mass is 10.1. The molecule has 3 nitrogen and oxygen atoms in total. The van der Waals surface area contributed by atoms with Crippen LogP contribution in [0.5, 0.6) is 0 Å². The Labute approximate surface area is 138 Å². The van der Waals surface area contributed by atoms with Crippen molar-refractivity contribution in [3.05, 3.63) is 52.5 Å². The molecular weight excluding hydrogens is 346 g/mol. The highest BCUT2D eigenvalue weighted by atomic mass is 79.9. The van der Waals surface area contributed by atoms with Crippen LogP contribution in [0, 0.1) is 0 Å². The minimum atomic E-state index is 0.425. The average Bonchev–Trinajstić information content (AvgIpc) is 2.47. The van der Waals surface area contributed by atoms with Gasteiger partial charge in [-0.3, -0.25) is 0 Å². The predicted octanol–water partition coefficient (Wildman–Crippen LogP) is 3.67. The first-order valence-electron chi connectivity index (χ1n) is 6.75. The number of likely N-dealkylation sites (N-methyl/N-ethyl adjacent to an activating group) is 1. The van der Waals surface area contributed by atoms with E-state index in [0.717, 1.165) is 28.8 Å². The Morgan fingerprint density at radius 2 is 1.81 bits per heavy atom. The number of hydrogen-bond acceptors (Lipinski definition) is 3. The van der Waals surface area contributed by atoms with Gasteiger partial charge in [-0.25, -0.2) is 0 Å². The molecule has 5 heteroatoms. The van der Waals surface area contributed by atoms with Crippen LogP contribution in [0.25, 0.3) is 0 Å². The molecule has 0 fully saturated rings. The van der Waals surface area contributed by atoms with E-state index in [-0.39, 0.29) is 0 Å². The van der Waals surface area contributed by atoms with Crippen molar-refractivity contribution in [3.8, 4) is 0 Å². The first-order valence-corrected chi connectivity index (χ1v) is 7.95. The van der Waals surface area contributed by atoms with Crippen LogP contribution in [-0.2, 0) is 0 Å². The number of rotatable bonds is 2. The van der Waals surface area contributed by atoms with Gasteiger partial charge < -0.3 is 15.5 Å².